The molecule has 2 fully saturated rings. The van der Waals surface area contributed by atoms with E-state index in [4.69, 9.17) is 10.00 Å². The molecular weight excluding hydrogens is 242 g/mol. The Bertz CT molecular complexity index is 486. The van der Waals surface area contributed by atoms with Gasteiger partial charge in [0.1, 0.15) is 6.07 Å². The third-order valence-electron chi connectivity index (χ3n) is 3.76. The Kier molecular flexibility index (Phi) is 3.58. The van der Waals surface area contributed by atoms with E-state index in [1.54, 1.807) is 6.20 Å². The first-order valence-corrected chi connectivity index (χ1v) is 6.67. The molecule has 0 spiro atoms. The summed E-state index contributed by atoms with van der Waals surface area (Å²) in [5.74, 6) is 0.539. The third-order valence-corrected chi connectivity index (χ3v) is 3.76. The number of fused-ring (bicyclic) bond motifs is 1. The second-order valence-electron chi connectivity index (χ2n) is 4.99. The lowest BCUT2D eigenvalue weighted by atomic mass is 10.2. The van der Waals surface area contributed by atoms with Gasteiger partial charge in [0.2, 0.25) is 0 Å². The van der Waals surface area contributed by atoms with Gasteiger partial charge in [0.15, 0.2) is 11.5 Å². The molecule has 2 aliphatic rings. The van der Waals surface area contributed by atoms with Gasteiger partial charge in [-0.15, -0.1) is 0 Å². The first kappa shape index (κ1) is 12.3. The van der Waals surface area contributed by atoms with Crippen LogP contribution in [0.3, 0.4) is 0 Å². The van der Waals surface area contributed by atoms with E-state index >= 15 is 0 Å². The smallest absolute Gasteiger partial charge is 0.182 e. The molecule has 2 saturated heterocycles. The maximum atomic E-state index is 8.95. The Balaban J connectivity index is 1.56. The molecule has 2 atom stereocenters. The molecule has 2 aliphatic heterocycles. The monoisotopic (exact) mass is 259 g/mol. The van der Waals surface area contributed by atoms with Crippen LogP contribution in [0.15, 0.2) is 12.4 Å². The van der Waals surface area contributed by atoms with Gasteiger partial charge in [0.05, 0.1) is 12.7 Å². The van der Waals surface area contributed by atoms with Gasteiger partial charge in [0, 0.05) is 31.5 Å². The molecule has 0 amide bonds. The minimum atomic E-state index is 0.155. The van der Waals surface area contributed by atoms with Crippen LogP contribution in [0.4, 0.5) is 5.82 Å². The molecule has 19 heavy (non-hydrogen) atoms. The number of anilines is 1. The fourth-order valence-electron chi connectivity index (χ4n) is 2.77. The minimum absolute atomic E-state index is 0.155. The lowest BCUT2D eigenvalue weighted by molar-refractivity contribution is -0.0416. The molecule has 2 unspecified atom stereocenters. The van der Waals surface area contributed by atoms with E-state index in [0.717, 1.165) is 13.2 Å². The highest BCUT2D eigenvalue weighted by atomic mass is 16.5. The van der Waals surface area contributed by atoms with E-state index < -0.39 is 0 Å². The largest absolute Gasteiger partial charge is 0.373 e. The average molecular weight is 259 g/mol. The van der Waals surface area contributed by atoms with Crippen LogP contribution in [0, 0.1) is 11.3 Å². The van der Waals surface area contributed by atoms with Crippen molar-refractivity contribution in [2.45, 2.75) is 25.0 Å². The Morgan fingerprint density at radius 3 is 3.26 bits per heavy atom. The van der Waals surface area contributed by atoms with Crippen molar-refractivity contribution >= 4 is 5.82 Å². The van der Waals surface area contributed by atoms with Crippen molar-refractivity contribution in [3.8, 4) is 6.07 Å². The maximum absolute atomic E-state index is 8.95. The number of hydrogen-bond donors (Lipinski definition) is 1. The molecule has 0 aromatic carbocycles. The van der Waals surface area contributed by atoms with Crippen LogP contribution in [0.1, 0.15) is 18.5 Å². The van der Waals surface area contributed by atoms with Gasteiger partial charge in [-0.3, -0.25) is 4.90 Å². The topological polar surface area (TPSA) is 74.1 Å². The van der Waals surface area contributed by atoms with Crippen molar-refractivity contribution in [3.05, 3.63) is 18.1 Å². The van der Waals surface area contributed by atoms with Gasteiger partial charge in [-0.2, -0.15) is 5.26 Å². The zero-order chi connectivity index (χ0) is 13.1. The molecule has 100 valence electrons. The SMILES string of the molecule is N#Cc1nccnc1NCC1CN2CCCC2CO1. The van der Waals surface area contributed by atoms with Gasteiger partial charge in [0.25, 0.3) is 0 Å². The lowest BCUT2D eigenvalue weighted by Gasteiger charge is -2.35. The predicted octanol–water partition coefficient (Wildman–Crippen LogP) is 0.623. The predicted molar refractivity (Wildman–Crippen MR) is 69.6 cm³/mol. The molecule has 6 nitrogen and oxygen atoms in total. The molecule has 1 aromatic rings. The first-order chi connectivity index (χ1) is 9.36. The minimum Gasteiger partial charge on any atom is -0.373 e. The van der Waals surface area contributed by atoms with Crippen molar-refractivity contribution < 1.29 is 4.74 Å². The normalized spacial score (nSPS) is 26.7. The van der Waals surface area contributed by atoms with E-state index in [1.165, 1.54) is 25.6 Å². The lowest BCUT2D eigenvalue weighted by Crippen LogP contribution is -2.48. The Morgan fingerprint density at radius 1 is 1.47 bits per heavy atom. The zero-order valence-corrected chi connectivity index (χ0v) is 10.7. The summed E-state index contributed by atoms with van der Waals surface area (Å²) >= 11 is 0. The van der Waals surface area contributed by atoms with Crippen molar-refractivity contribution in [2.24, 2.45) is 0 Å². The fraction of sp³-hybridized carbons (Fsp3) is 0.615. The highest BCUT2D eigenvalue weighted by Gasteiger charge is 2.32. The van der Waals surface area contributed by atoms with Crippen molar-refractivity contribution in [2.75, 3.05) is 31.6 Å². The van der Waals surface area contributed by atoms with Crippen molar-refractivity contribution in [1.82, 2.24) is 14.9 Å². The number of nitrogens with one attached hydrogen (secondary N) is 1. The number of hydrogen-bond acceptors (Lipinski definition) is 6. The summed E-state index contributed by atoms with van der Waals surface area (Å²) in [4.78, 5) is 10.6. The summed E-state index contributed by atoms with van der Waals surface area (Å²) in [6.07, 6.45) is 5.79. The Hall–Kier alpha value is -1.71. The number of nitrogens with zero attached hydrogens (tertiary/aromatic N) is 4. The number of ether oxygens (including phenoxy) is 1. The molecule has 0 bridgehead atoms. The van der Waals surface area contributed by atoms with Crippen LogP contribution in [0.2, 0.25) is 0 Å². The van der Waals surface area contributed by atoms with Gasteiger partial charge in [-0.1, -0.05) is 0 Å². The van der Waals surface area contributed by atoms with Gasteiger partial charge in [-0.05, 0) is 19.4 Å². The molecule has 6 heteroatoms. The fourth-order valence-corrected chi connectivity index (χ4v) is 2.77. The second kappa shape index (κ2) is 5.51. The van der Waals surface area contributed by atoms with Gasteiger partial charge < -0.3 is 10.1 Å². The molecule has 3 heterocycles. The highest BCUT2D eigenvalue weighted by Crippen LogP contribution is 2.22. The summed E-state index contributed by atoms with van der Waals surface area (Å²) in [7, 11) is 0. The quantitative estimate of drug-likeness (QED) is 0.858. The second-order valence-corrected chi connectivity index (χ2v) is 4.99. The Labute approximate surface area is 112 Å². The van der Waals surface area contributed by atoms with Crippen LogP contribution < -0.4 is 5.32 Å². The van der Waals surface area contributed by atoms with Crippen LogP contribution >= 0.6 is 0 Å². The molecule has 0 aliphatic carbocycles. The number of rotatable bonds is 3. The number of morpholine rings is 1. The molecule has 0 saturated carbocycles. The average Bonchev–Trinajstić information content (AvgIpc) is 2.93. The summed E-state index contributed by atoms with van der Waals surface area (Å²) < 4.78 is 5.85. The zero-order valence-electron chi connectivity index (χ0n) is 10.7. The molecule has 1 N–H and O–H groups in total. The molecule has 0 radical (unpaired) electrons. The van der Waals surface area contributed by atoms with Crippen LogP contribution in [-0.4, -0.2) is 53.3 Å². The first-order valence-electron chi connectivity index (χ1n) is 6.67. The van der Waals surface area contributed by atoms with Crippen LogP contribution in [0.5, 0.6) is 0 Å². The number of aromatic nitrogens is 2. The van der Waals surface area contributed by atoms with E-state index in [2.05, 4.69) is 20.2 Å². The van der Waals surface area contributed by atoms with Gasteiger partial charge in [-0.25, -0.2) is 9.97 Å². The third kappa shape index (κ3) is 2.67. The molecule has 1 aromatic heterocycles. The van der Waals surface area contributed by atoms with Crippen LogP contribution in [-0.2, 0) is 4.74 Å². The highest BCUT2D eigenvalue weighted by molar-refractivity contribution is 5.46. The van der Waals surface area contributed by atoms with E-state index in [1.807, 2.05) is 6.07 Å². The Morgan fingerprint density at radius 2 is 2.37 bits per heavy atom. The molecular formula is C13H17N5O. The van der Waals surface area contributed by atoms with Crippen molar-refractivity contribution in [3.63, 3.8) is 0 Å². The van der Waals surface area contributed by atoms with Gasteiger partial charge >= 0.3 is 0 Å². The number of nitriles is 1. The maximum Gasteiger partial charge on any atom is 0.182 e. The van der Waals surface area contributed by atoms with E-state index in [0.29, 0.717) is 24.1 Å². The van der Waals surface area contributed by atoms with E-state index in [9.17, 15) is 0 Å². The molecule has 3 rings (SSSR count). The van der Waals surface area contributed by atoms with E-state index in [-0.39, 0.29) is 6.10 Å². The van der Waals surface area contributed by atoms with Crippen LogP contribution in [0.25, 0.3) is 0 Å². The standard InChI is InChI=1S/C13H17N5O/c14-6-12-13(16-4-3-15-12)17-7-11-8-18-5-1-2-10(18)9-19-11/h3-4,10-11H,1-2,5,7-9H2,(H,16,17). The summed E-state index contributed by atoms with van der Waals surface area (Å²) in [6.45, 7) is 3.62. The summed E-state index contributed by atoms with van der Waals surface area (Å²) in [6, 6.07) is 2.65. The summed E-state index contributed by atoms with van der Waals surface area (Å²) in [5.41, 5.74) is 0.331. The van der Waals surface area contributed by atoms with Crippen molar-refractivity contribution in [1.29, 1.82) is 5.26 Å². The summed E-state index contributed by atoms with van der Waals surface area (Å²) in [5, 5.41) is 12.1.